The molecule has 1 aromatic heterocycles. The molecule has 0 unspecified atom stereocenters. The van der Waals surface area contributed by atoms with E-state index in [1.54, 1.807) is 31.3 Å². The number of aryl methyl sites for hydroxylation is 1. The molecule has 3 aromatic rings. The number of halogens is 2. The van der Waals surface area contributed by atoms with Crippen LogP contribution < -0.4 is 16.0 Å². The predicted octanol–water partition coefficient (Wildman–Crippen LogP) is 3.78. The van der Waals surface area contributed by atoms with Crippen LogP contribution in [0.4, 0.5) is 0 Å². The van der Waals surface area contributed by atoms with Gasteiger partial charge < -0.3 is 4.74 Å². The molecule has 2 aromatic carbocycles. The third kappa shape index (κ3) is 3.05. The summed E-state index contributed by atoms with van der Waals surface area (Å²) >= 11 is 12.4. The first-order valence-corrected chi connectivity index (χ1v) is 8.43. The summed E-state index contributed by atoms with van der Waals surface area (Å²) in [7, 11) is 1.61. The molecule has 0 fully saturated rings. The Hall–Kier alpha value is -2.24. The van der Waals surface area contributed by atoms with E-state index in [9.17, 15) is 9.59 Å². The number of hydrogen-bond acceptors (Lipinski definition) is 3. The fraction of sp³-hybridized carbons (Fsp3) is 0.222. The van der Waals surface area contributed by atoms with Crippen molar-refractivity contribution < 1.29 is 4.74 Å². The fourth-order valence-corrected chi connectivity index (χ4v) is 3.17. The minimum absolute atomic E-state index is 0.123. The molecule has 0 aliphatic carbocycles. The number of nitrogens with zero attached hydrogens (tertiary/aromatic N) is 2. The molecule has 0 N–H and O–H groups in total. The summed E-state index contributed by atoms with van der Waals surface area (Å²) in [4.78, 5) is 25.7. The van der Waals surface area contributed by atoms with Gasteiger partial charge in [-0.3, -0.25) is 9.36 Å². The maximum Gasteiger partial charge on any atom is 0.335 e. The Morgan fingerprint density at radius 3 is 2.40 bits per heavy atom. The number of aromatic nitrogens is 2. The summed E-state index contributed by atoms with van der Waals surface area (Å²) in [6, 6.07) is 9.90. The molecule has 0 saturated carbocycles. The van der Waals surface area contributed by atoms with Gasteiger partial charge in [0, 0.05) is 13.1 Å². The Morgan fingerprint density at radius 1 is 1.04 bits per heavy atom. The smallest absolute Gasteiger partial charge is 0.335 e. The van der Waals surface area contributed by atoms with Gasteiger partial charge >= 0.3 is 5.69 Å². The first-order valence-electron chi connectivity index (χ1n) is 7.68. The standard InChI is InChI=1S/C18H16Cl2N2O3/c1-10(2)25-16-9-15(12(19)8-13(16)20)22-17(23)11-6-4-5-7-14(11)21(3)18(22)24/h4-10H,1-3H3. The second kappa shape index (κ2) is 6.58. The third-order valence-electron chi connectivity index (χ3n) is 3.78. The molecule has 130 valence electrons. The SMILES string of the molecule is CC(C)Oc1cc(-n2c(=O)c3ccccc3n(C)c2=O)c(Cl)cc1Cl. The molecular formula is C18H16Cl2N2O3. The Bertz CT molecular complexity index is 1080. The monoisotopic (exact) mass is 378 g/mol. The van der Waals surface area contributed by atoms with Crippen molar-refractivity contribution in [2.75, 3.05) is 0 Å². The highest BCUT2D eigenvalue weighted by molar-refractivity contribution is 6.36. The zero-order valence-corrected chi connectivity index (χ0v) is 15.4. The molecule has 0 atom stereocenters. The second-order valence-corrected chi connectivity index (χ2v) is 6.71. The molecule has 0 saturated heterocycles. The minimum Gasteiger partial charge on any atom is -0.489 e. The zero-order chi connectivity index (χ0) is 18.3. The van der Waals surface area contributed by atoms with Crippen molar-refractivity contribution in [2.45, 2.75) is 20.0 Å². The summed E-state index contributed by atoms with van der Waals surface area (Å²) in [5, 5.41) is 0.922. The van der Waals surface area contributed by atoms with Crippen LogP contribution in [-0.4, -0.2) is 15.2 Å². The van der Waals surface area contributed by atoms with Crippen molar-refractivity contribution in [3.63, 3.8) is 0 Å². The summed E-state index contributed by atoms with van der Waals surface area (Å²) in [6.45, 7) is 3.71. The van der Waals surface area contributed by atoms with Crippen molar-refractivity contribution in [3.8, 4) is 11.4 Å². The maximum atomic E-state index is 12.9. The quantitative estimate of drug-likeness (QED) is 0.696. The van der Waals surface area contributed by atoms with E-state index in [2.05, 4.69) is 0 Å². The van der Waals surface area contributed by atoms with E-state index in [1.807, 2.05) is 13.8 Å². The molecule has 25 heavy (non-hydrogen) atoms. The van der Waals surface area contributed by atoms with E-state index in [-0.39, 0.29) is 16.8 Å². The van der Waals surface area contributed by atoms with Crippen LogP contribution in [0, 0.1) is 0 Å². The lowest BCUT2D eigenvalue weighted by Crippen LogP contribution is -2.38. The first-order chi connectivity index (χ1) is 11.8. The highest BCUT2D eigenvalue weighted by Crippen LogP contribution is 2.33. The Balaban J connectivity index is 2.38. The normalized spacial score (nSPS) is 11.3. The van der Waals surface area contributed by atoms with Gasteiger partial charge in [-0.2, -0.15) is 0 Å². The summed E-state index contributed by atoms with van der Waals surface area (Å²) in [5.74, 6) is 0.359. The summed E-state index contributed by atoms with van der Waals surface area (Å²) in [6.07, 6.45) is -0.123. The van der Waals surface area contributed by atoms with Crippen LogP contribution in [-0.2, 0) is 7.05 Å². The van der Waals surface area contributed by atoms with E-state index < -0.39 is 11.2 Å². The third-order valence-corrected chi connectivity index (χ3v) is 4.38. The molecule has 7 heteroatoms. The minimum atomic E-state index is -0.497. The van der Waals surface area contributed by atoms with Crippen LogP contribution in [0.2, 0.25) is 10.0 Å². The second-order valence-electron chi connectivity index (χ2n) is 5.90. The Kier molecular flexibility index (Phi) is 4.62. The van der Waals surface area contributed by atoms with Gasteiger partial charge in [-0.1, -0.05) is 35.3 Å². The van der Waals surface area contributed by atoms with Gasteiger partial charge in [0.05, 0.1) is 32.7 Å². The van der Waals surface area contributed by atoms with E-state index in [4.69, 9.17) is 27.9 Å². The topological polar surface area (TPSA) is 53.2 Å². The van der Waals surface area contributed by atoms with Crippen LogP contribution in [0.3, 0.4) is 0 Å². The maximum absolute atomic E-state index is 12.9. The number of rotatable bonds is 3. The highest BCUT2D eigenvalue weighted by Gasteiger charge is 2.17. The van der Waals surface area contributed by atoms with Crippen LogP contribution >= 0.6 is 23.2 Å². The van der Waals surface area contributed by atoms with Crippen LogP contribution in [0.25, 0.3) is 16.6 Å². The average Bonchev–Trinajstić information content (AvgIpc) is 2.56. The number of para-hydroxylation sites is 1. The van der Waals surface area contributed by atoms with Crippen molar-refractivity contribution in [2.24, 2.45) is 7.05 Å². The lowest BCUT2D eigenvalue weighted by atomic mass is 10.2. The van der Waals surface area contributed by atoms with Crippen LogP contribution in [0.1, 0.15) is 13.8 Å². The van der Waals surface area contributed by atoms with Gasteiger partial charge in [-0.15, -0.1) is 0 Å². The lowest BCUT2D eigenvalue weighted by molar-refractivity contribution is 0.242. The van der Waals surface area contributed by atoms with Gasteiger partial charge in [0.15, 0.2) is 0 Å². The molecule has 3 rings (SSSR count). The molecule has 0 aliphatic heterocycles. The van der Waals surface area contributed by atoms with Crippen molar-refractivity contribution in [1.29, 1.82) is 0 Å². The van der Waals surface area contributed by atoms with Gasteiger partial charge in [-0.25, -0.2) is 9.36 Å². The first kappa shape index (κ1) is 17.6. The van der Waals surface area contributed by atoms with E-state index in [0.29, 0.717) is 21.7 Å². The number of hydrogen-bond donors (Lipinski definition) is 0. The Labute approximate surface area is 154 Å². The molecule has 1 heterocycles. The van der Waals surface area contributed by atoms with Gasteiger partial charge in [-0.05, 0) is 32.0 Å². The largest absolute Gasteiger partial charge is 0.489 e. The van der Waals surface area contributed by atoms with Crippen molar-refractivity contribution in [1.82, 2.24) is 9.13 Å². The van der Waals surface area contributed by atoms with Crippen LogP contribution in [0.5, 0.6) is 5.75 Å². The number of benzene rings is 2. The molecule has 0 amide bonds. The zero-order valence-electron chi connectivity index (χ0n) is 13.9. The van der Waals surface area contributed by atoms with E-state index in [0.717, 1.165) is 4.57 Å². The predicted molar refractivity (Wildman–Crippen MR) is 101 cm³/mol. The molecule has 0 bridgehead atoms. The van der Waals surface area contributed by atoms with E-state index >= 15 is 0 Å². The summed E-state index contributed by atoms with van der Waals surface area (Å²) in [5.41, 5.74) is -0.155. The van der Waals surface area contributed by atoms with Gasteiger partial charge in [0.25, 0.3) is 5.56 Å². The molecular weight excluding hydrogens is 363 g/mol. The van der Waals surface area contributed by atoms with Gasteiger partial charge in [0.1, 0.15) is 5.75 Å². The Morgan fingerprint density at radius 2 is 1.72 bits per heavy atom. The van der Waals surface area contributed by atoms with E-state index in [1.165, 1.54) is 16.7 Å². The van der Waals surface area contributed by atoms with Gasteiger partial charge in [0.2, 0.25) is 0 Å². The fourth-order valence-electron chi connectivity index (χ4n) is 2.65. The van der Waals surface area contributed by atoms with Crippen LogP contribution in [0.15, 0.2) is 46.0 Å². The summed E-state index contributed by atoms with van der Waals surface area (Å²) < 4.78 is 8.09. The molecule has 0 spiro atoms. The molecule has 5 nitrogen and oxygen atoms in total. The number of fused-ring (bicyclic) bond motifs is 1. The average molecular weight is 379 g/mol. The molecule has 0 radical (unpaired) electrons. The van der Waals surface area contributed by atoms with Crippen molar-refractivity contribution in [3.05, 3.63) is 67.3 Å². The highest BCUT2D eigenvalue weighted by atomic mass is 35.5. The number of ether oxygens (including phenoxy) is 1. The lowest BCUT2D eigenvalue weighted by Gasteiger charge is -2.16. The molecule has 0 aliphatic rings. The van der Waals surface area contributed by atoms with Crippen molar-refractivity contribution >= 4 is 34.1 Å².